The van der Waals surface area contributed by atoms with Gasteiger partial charge in [-0.25, -0.2) is 0 Å². The first-order valence-electron chi connectivity index (χ1n) is 6.51. The number of nitrogens with zero attached hydrogens (tertiary/aromatic N) is 1. The van der Waals surface area contributed by atoms with E-state index in [0.717, 1.165) is 5.56 Å². The summed E-state index contributed by atoms with van der Waals surface area (Å²) < 4.78 is 4.82. The molecule has 0 saturated heterocycles. The number of carbonyl (C=O) groups is 1. The van der Waals surface area contributed by atoms with Gasteiger partial charge in [-0.3, -0.25) is 4.79 Å². The normalized spacial score (nSPS) is 11.6. The summed E-state index contributed by atoms with van der Waals surface area (Å²) in [7, 11) is 0. The van der Waals surface area contributed by atoms with Gasteiger partial charge in [-0.15, -0.1) is 0 Å². The fourth-order valence-corrected chi connectivity index (χ4v) is 2.00. The average molecular weight is 289 g/mol. The van der Waals surface area contributed by atoms with Crippen molar-refractivity contribution in [2.75, 3.05) is 6.54 Å². The van der Waals surface area contributed by atoms with Crippen LogP contribution in [0.1, 0.15) is 44.4 Å². The highest BCUT2D eigenvalue weighted by Gasteiger charge is 2.22. The smallest absolute Gasteiger partial charge is 0.229 e. The van der Waals surface area contributed by atoms with Gasteiger partial charge in [-0.05, 0) is 37.8 Å². The summed E-state index contributed by atoms with van der Waals surface area (Å²) in [5.74, 6) is -0.114. The van der Waals surface area contributed by atoms with E-state index >= 15 is 0 Å². The van der Waals surface area contributed by atoms with E-state index in [9.17, 15) is 9.90 Å². The Hall–Kier alpha value is -1.07. The maximum Gasteiger partial charge on any atom is 0.229 e. The second-order valence-electron chi connectivity index (χ2n) is 4.73. The molecule has 0 radical (unpaired) electrons. The van der Waals surface area contributed by atoms with Crippen molar-refractivity contribution in [2.45, 2.75) is 52.1 Å². The van der Waals surface area contributed by atoms with Crippen LogP contribution in [0.3, 0.4) is 0 Å². The van der Waals surface area contributed by atoms with E-state index in [-0.39, 0.29) is 17.7 Å². The van der Waals surface area contributed by atoms with Gasteiger partial charge < -0.3 is 14.9 Å². The number of aliphatic hydroxyl groups is 1. The lowest BCUT2D eigenvalue weighted by atomic mass is 9.97. The molecule has 0 unspecified atom stereocenters. The molecule has 0 fully saturated rings. The fraction of sp³-hybridized carbons (Fsp3) is 0.692. The SMILES string of the molecule is CCC(O)(CC)CNC(=O)CCc1c(C)noc1Cl. The number of hydrogen-bond donors (Lipinski definition) is 2. The molecule has 1 aromatic heterocycles. The summed E-state index contributed by atoms with van der Waals surface area (Å²) >= 11 is 5.82. The molecule has 108 valence electrons. The molecular weight excluding hydrogens is 268 g/mol. The third-order valence-corrected chi connectivity index (χ3v) is 3.77. The predicted octanol–water partition coefficient (Wildman–Crippen LogP) is 2.24. The van der Waals surface area contributed by atoms with Crippen LogP contribution in [0, 0.1) is 6.92 Å². The van der Waals surface area contributed by atoms with Gasteiger partial charge in [0, 0.05) is 18.5 Å². The van der Waals surface area contributed by atoms with E-state index < -0.39 is 5.60 Å². The molecule has 0 aliphatic carbocycles. The molecule has 0 saturated carbocycles. The Kier molecular flexibility index (Phi) is 5.82. The zero-order valence-electron chi connectivity index (χ0n) is 11.6. The topological polar surface area (TPSA) is 75.4 Å². The summed E-state index contributed by atoms with van der Waals surface area (Å²) in [6.45, 7) is 5.86. The first-order chi connectivity index (χ1) is 8.91. The Bertz CT molecular complexity index is 408. The average Bonchev–Trinajstić information content (AvgIpc) is 2.73. The highest BCUT2D eigenvalue weighted by molar-refractivity contribution is 6.29. The van der Waals surface area contributed by atoms with E-state index in [1.54, 1.807) is 6.92 Å². The van der Waals surface area contributed by atoms with Crippen molar-refractivity contribution < 1.29 is 14.4 Å². The first-order valence-corrected chi connectivity index (χ1v) is 6.89. The quantitative estimate of drug-likeness (QED) is 0.807. The Labute approximate surface area is 118 Å². The second-order valence-corrected chi connectivity index (χ2v) is 5.07. The molecular formula is C13H21ClN2O3. The molecule has 0 atom stereocenters. The van der Waals surface area contributed by atoms with Crippen molar-refractivity contribution in [3.8, 4) is 0 Å². The van der Waals surface area contributed by atoms with E-state index in [1.807, 2.05) is 13.8 Å². The number of rotatable bonds is 7. The monoisotopic (exact) mass is 288 g/mol. The molecule has 1 rings (SSSR count). The minimum absolute atomic E-state index is 0.114. The fourth-order valence-electron chi connectivity index (χ4n) is 1.73. The molecule has 0 bridgehead atoms. The van der Waals surface area contributed by atoms with E-state index in [1.165, 1.54) is 0 Å². The van der Waals surface area contributed by atoms with Gasteiger partial charge in [0.15, 0.2) is 0 Å². The van der Waals surface area contributed by atoms with Crippen LogP contribution in [-0.4, -0.2) is 28.3 Å². The Balaban J connectivity index is 2.41. The number of nitrogens with one attached hydrogen (secondary N) is 1. The molecule has 0 aliphatic rings. The Morgan fingerprint density at radius 3 is 2.58 bits per heavy atom. The van der Waals surface area contributed by atoms with Gasteiger partial charge >= 0.3 is 0 Å². The molecule has 0 aliphatic heterocycles. The molecule has 0 aromatic carbocycles. The lowest BCUT2D eigenvalue weighted by Crippen LogP contribution is -2.42. The minimum atomic E-state index is -0.819. The number of aromatic nitrogens is 1. The number of hydrogen-bond acceptors (Lipinski definition) is 4. The number of amides is 1. The van der Waals surface area contributed by atoms with Crippen molar-refractivity contribution in [2.24, 2.45) is 0 Å². The summed E-state index contributed by atoms with van der Waals surface area (Å²) in [6, 6.07) is 0. The molecule has 0 spiro atoms. The van der Waals surface area contributed by atoms with Crippen LogP contribution < -0.4 is 5.32 Å². The Morgan fingerprint density at radius 1 is 1.47 bits per heavy atom. The van der Waals surface area contributed by atoms with Gasteiger partial charge in [-0.1, -0.05) is 19.0 Å². The summed E-state index contributed by atoms with van der Waals surface area (Å²) in [5, 5.41) is 16.8. The summed E-state index contributed by atoms with van der Waals surface area (Å²) in [6.07, 6.45) is 2.00. The van der Waals surface area contributed by atoms with Gasteiger partial charge in [0.05, 0.1) is 11.3 Å². The molecule has 6 heteroatoms. The molecule has 1 heterocycles. The third-order valence-electron chi connectivity index (χ3n) is 3.47. The largest absolute Gasteiger partial charge is 0.388 e. The first kappa shape index (κ1) is 16.0. The van der Waals surface area contributed by atoms with Crippen LogP contribution in [-0.2, 0) is 11.2 Å². The lowest BCUT2D eigenvalue weighted by Gasteiger charge is -2.25. The van der Waals surface area contributed by atoms with Crippen LogP contribution in [0.4, 0.5) is 0 Å². The zero-order chi connectivity index (χ0) is 14.5. The highest BCUT2D eigenvalue weighted by atomic mass is 35.5. The van der Waals surface area contributed by atoms with Crippen molar-refractivity contribution in [3.05, 3.63) is 16.5 Å². The van der Waals surface area contributed by atoms with Gasteiger partial charge in [0.25, 0.3) is 0 Å². The summed E-state index contributed by atoms with van der Waals surface area (Å²) in [5.41, 5.74) is 0.648. The van der Waals surface area contributed by atoms with Crippen molar-refractivity contribution in [1.29, 1.82) is 0 Å². The Morgan fingerprint density at radius 2 is 2.11 bits per heavy atom. The van der Waals surface area contributed by atoms with Crippen LogP contribution in [0.25, 0.3) is 0 Å². The molecule has 5 nitrogen and oxygen atoms in total. The number of aryl methyl sites for hydroxylation is 1. The number of carbonyl (C=O) groups excluding carboxylic acids is 1. The third kappa shape index (κ3) is 4.51. The van der Waals surface area contributed by atoms with Crippen molar-refractivity contribution >= 4 is 17.5 Å². The van der Waals surface area contributed by atoms with Crippen molar-refractivity contribution in [3.63, 3.8) is 0 Å². The molecule has 1 aromatic rings. The van der Waals surface area contributed by atoms with Crippen LogP contribution in [0.2, 0.25) is 5.22 Å². The molecule has 1 amide bonds. The van der Waals surface area contributed by atoms with E-state index in [4.69, 9.17) is 16.1 Å². The maximum absolute atomic E-state index is 11.7. The second kappa shape index (κ2) is 6.91. The van der Waals surface area contributed by atoms with E-state index in [0.29, 0.717) is 31.4 Å². The minimum Gasteiger partial charge on any atom is -0.388 e. The lowest BCUT2D eigenvalue weighted by molar-refractivity contribution is -0.122. The zero-order valence-corrected chi connectivity index (χ0v) is 12.4. The van der Waals surface area contributed by atoms with E-state index in [2.05, 4.69) is 10.5 Å². The van der Waals surface area contributed by atoms with Crippen molar-refractivity contribution in [1.82, 2.24) is 10.5 Å². The molecule has 19 heavy (non-hydrogen) atoms. The predicted molar refractivity (Wildman–Crippen MR) is 73.1 cm³/mol. The van der Waals surface area contributed by atoms with Gasteiger partial charge in [-0.2, -0.15) is 0 Å². The molecule has 2 N–H and O–H groups in total. The van der Waals surface area contributed by atoms with Crippen LogP contribution in [0.5, 0.6) is 0 Å². The highest BCUT2D eigenvalue weighted by Crippen LogP contribution is 2.20. The summed E-state index contributed by atoms with van der Waals surface area (Å²) in [4.78, 5) is 11.7. The van der Waals surface area contributed by atoms with Gasteiger partial charge in [0.1, 0.15) is 0 Å². The van der Waals surface area contributed by atoms with Crippen LogP contribution >= 0.6 is 11.6 Å². The number of halogens is 1. The standard InChI is InChI=1S/C13H21ClN2O3/c1-4-13(18,5-2)8-15-11(17)7-6-10-9(3)16-19-12(10)14/h18H,4-8H2,1-3H3,(H,15,17). The van der Waals surface area contributed by atoms with Crippen LogP contribution in [0.15, 0.2) is 4.52 Å². The maximum atomic E-state index is 11.7. The van der Waals surface area contributed by atoms with Gasteiger partial charge in [0.2, 0.25) is 11.1 Å².